The highest BCUT2D eigenvalue weighted by Crippen LogP contribution is 2.26. The fourth-order valence-corrected chi connectivity index (χ4v) is 8.46. The lowest BCUT2D eigenvalue weighted by Gasteiger charge is -2.27. The lowest BCUT2D eigenvalue weighted by Crippen LogP contribution is -2.39. The molecule has 6 aromatic heterocycles. The van der Waals surface area contributed by atoms with E-state index in [4.69, 9.17) is 13.9 Å². The summed E-state index contributed by atoms with van der Waals surface area (Å²) >= 11 is 0. The van der Waals surface area contributed by atoms with Gasteiger partial charge in [-0.2, -0.15) is 0 Å². The van der Waals surface area contributed by atoms with Crippen molar-refractivity contribution in [3.63, 3.8) is 0 Å². The number of hydrogen-bond acceptors (Lipinski definition) is 17. The van der Waals surface area contributed by atoms with E-state index in [1.54, 1.807) is 35.9 Å². The average Bonchev–Trinajstić information content (AvgIpc) is 4.22. The number of benzene rings is 2. The fourth-order valence-electron chi connectivity index (χ4n) is 8.46. The van der Waals surface area contributed by atoms with Gasteiger partial charge in [0, 0.05) is 87.8 Å². The number of hydrogen-bond donors (Lipinski definition) is 4. The number of aliphatic carboxylic acids is 1. The molecular weight excluding hydrogens is 857 g/mol. The van der Waals surface area contributed by atoms with Crippen molar-refractivity contribution in [2.45, 2.75) is 76.8 Å². The highest BCUT2D eigenvalue weighted by Gasteiger charge is 2.25. The molecule has 8 heterocycles. The Hall–Kier alpha value is -8.20. The topological polar surface area (TPSA) is 259 Å². The SMILES string of the molecule is O=C(Cc1nnc(-c2cnc(NC3Cc4ccccc4C3)nc2)o1)N1CCn2ccnc2C1.O=C(O)Cc1nnc(-c2cnc(NC3Cc4ccccc4C3)nc2)o1.c1cn2c(n1)CNCC2. The first-order valence-electron chi connectivity index (χ1n) is 22.0. The Morgan fingerprint density at radius 3 is 1.63 bits per heavy atom. The van der Waals surface area contributed by atoms with Crippen LogP contribution in [0.4, 0.5) is 11.9 Å². The third-order valence-electron chi connectivity index (χ3n) is 11.8. The third-order valence-corrected chi connectivity index (χ3v) is 11.8. The van der Waals surface area contributed by atoms with Gasteiger partial charge in [0.1, 0.15) is 24.5 Å². The summed E-state index contributed by atoms with van der Waals surface area (Å²) in [5.74, 6) is 2.87. The summed E-state index contributed by atoms with van der Waals surface area (Å²) < 4.78 is 15.2. The lowest BCUT2D eigenvalue weighted by atomic mass is 10.1. The number of carbonyl (C=O) groups excluding carboxylic acids is 1. The maximum atomic E-state index is 12.7. The first kappa shape index (κ1) is 42.7. The molecule has 340 valence electrons. The molecule has 12 rings (SSSR count). The number of rotatable bonds is 10. The first-order chi connectivity index (χ1) is 32.8. The second kappa shape index (κ2) is 19.5. The van der Waals surface area contributed by atoms with Crippen LogP contribution in [0.25, 0.3) is 22.9 Å². The van der Waals surface area contributed by atoms with Gasteiger partial charge in [0.05, 0.1) is 24.2 Å². The Morgan fingerprint density at radius 1 is 0.627 bits per heavy atom. The van der Waals surface area contributed by atoms with Crippen LogP contribution < -0.4 is 16.0 Å². The van der Waals surface area contributed by atoms with Gasteiger partial charge in [-0.1, -0.05) is 48.5 Å². The van der Waals surface area contributed by atoms with Crippen LogP contribution in [0.2, 0.25) is 0 Å². The monoisotopic (exact) mass is 902 g/mol. The number of anilines is 2. The molecule has 0 spiro atoms. The van der Waals surface area contributed by atoms with Crippen LogP contribution in [0.5, 0.6) is 0 Å². The second-order valence-corrected chi connectivity index (χ2v) is 16.4. The highest BCUT2D eigenvalue weighted by atomic mass is 16.4. The van der Waals surface area contributed by atoms with Crippen molar-refractivity contribution in [2.75, 3.05) is 23.7 Å². The van der Waals surface area contributed by atoms with Crippen molar-refractivity contribution in [3.8, 4) is 22.9 Å². The van der Waals surface area contributed by atoms with Crippen molar-refractivity contribution in [2.24, 2.45) is 0 Å². The van der Waals surface area contributed by atoms with Crippen LogP contribution in [-0.2, 0) is 74.3 Å². The molecule has 4 aliphatic rings. The van der Waals surface area contributed by atoms with Gasteiger partial charge in [0.25, 0.3) is 11.8 Å². The standard InChI is InChI=1S/C23H22N8O2.C17H15N5O3.C6H9N3/c32-21(31-8-7-30-6-5-24-19(30)14-31)11-20-28-29-22(33-20)17-12-25-23(26-13-17)27-18-9-15-3-1-2-4-16(15)10-18;23-15(24)7-14-21-22-16(25-14)12-8-18-17(19-9-12)20-13-5-10-3-1-2-4-11(10)6-13;1-3-9-4-2-8-6(9)5-7-1/h1-6,12-13,18H,7-11,14H2,(H,25,26,27);1-4,8-9,13H,5-7H2,(H,23,24)(H,18,19,20);2,4,7H,1,3,5H2. The smallest absolute Gasteiger partial charge is 0.312 e. The quantitative estimate of drug-likeness (QED) is 0.153. The molecule has 0 radical (unpaired) electrons. The van der Waals surface area contributed by atoms with Crippen LogP contribution >= 0.6 is 0 Å². The Morgan fingerprint density at radius 2 is 1.12 bits per heavy atom. The van der Waals surface area contributed by atoms with Gasteiger partial charge >= 0.3 is 5.97 Å². The molecular formula is C46H46N16O5. The number of imidazole rings is 2. The van der Waals surface area contributed by atoms with Crippen molar-refractivity contribution < 1.29 is 23.5 Å². The zero-order valence-electron chi connectivity index (χ0n) is 36.3. The minimum absolute atomic E-state index is 0.0495. The molecule has 0 fully saturated rings. The molecule has 0 bridgehead atoms. The van der Waals surface area contributed by atoms with Crippen molar-refractivity contribution >= 4 is 23.8 Å². The minimum atomic E-state index is -1.02. The van der Waals surface area contributed by atoms with Crippen molar-refractivity contribution in [3.05, 3.63) is 144 Å². The van der Waals surface area contributed by atoms with E-state index in [9.17, 15) is 9.59 Å². The molecule has 67 heavy (non-hydrogen) atoms. The second-order valence-electron chi connectivity index (χ2n) is 16.4. The molecule has 21 nitrogen and oxygen atoms in total. The Bertz CT molecular complexity index is 2890. The molecule has 0 unspecified atom stereocenters. The summed E-state index contributed by atoms with van der Waals surface area (Å²) in [6.45, 7) is 4.92. The average molecular weight is 903 g/mol. The van der Waals surface area contributed by atoms with Gasteiger partial charge in [-0.15, -0.1) is 20.4 Å². The number of aromatic nitrogens is 12. The fraction of sp³-hybridized carbons (Fsp3) is 0.304. The lowest BCUT2D eigenvalue weighted by molar-refractivity contribution is -0.136. The molecule has 2 aliphatic carbocycles. The van der Waals surface area contributed by atoms with E-state index in [-0.39, 0.29) is 48.5 Å². The Labute approximate surface area is 383 Å². The van der Waals surface area contributed by atoms with E-state index < -0.39 is 5.97 Å². The van der Waals surface area contributed by atoms with Gasteiger partial charge in [0.15, 0.2) is 0 Å². The van der Waals surface area contributed by atoms with Crippen LogP contribution in [0.3, 0.4) is 0 Å². The summed E-state index contributed by atoms with van der Waals surface area (Å²) in [5, 5.41) is 34.3. The van der Waals surface area contributed by atoms with E-state index in [1.165, 1.54) is 22.3 Å². The maximum absolute atomic E-state index is 12.7. The van der Waals surface area contributed by atoms with Gasteiger partial charge in [-0.25, -0.2) is 29.9 Å². The minimum Gasteiger partial charge on any atom is -0.481 e. The van der Waals surface area contributed by atoms with Crippen molar-refractivity contribution in [1.82, 2.24) is 69.6 Å². The third kappa shape index (κ3) is 10.4. The molecule has 0 saturated carbocycles. The molecule has 1 amide bonds. The van der Waals surface area contributed by atoms with E-state index in [1.807, 2.05) is 18.6 Å². The first-order valence-corrected chi connectivity index (χ1v) is 22.0. The van der Waals surface area contributed by atoms with Crippen LogP contribution in [0.15, 0.2) is 107 Å². The summed E-state index contributed by atoms with van der Waals surface area (Å²) in [6.07, 6.45) is 17.6. The van der Waals surface area contributed by atoms with E-state index in [0.717, 1.165) is 63.5 Å². The summed E-state index contributed by atoms with van der Waals surface area (Å²) in [5.41, 5.74) is 6.61. The van der Waals surface area contributed by atoms with Gasteiger partial charge < -0.3 is 43.9 Å². The number of carboxylic acids is 1. The Balaban J connectivity index is 0.000000135. The van der Waals surface area contributed by atoms with Crippen LogP contribution in [0, 0.1) is 0 Å². The Kier molecular flexibility index (Phi) is 12.4. The zero-order valence-corrected chi connectivity index (χ0v) is 36.3. The summed E-state index contributed by atoms with van der Waals surface area (Å²) in [6, 6.07) is 17.4. The predicted molar refractivity (Wildman–Crippen MR) is 240 cm³/mol. The predicted octanol–water partition coefficient (Wildman–Crippen LogP) is 3.61. The number of amides is 1. The van der Waals surface area contributed by atoms with Gasteiger partial charge in [-0.3, -0.25) is 9.59 Å². The zero-order chi connectivity index (χ0) is 45.5. The molecule has 0 atom stereocenters. The number of carbonyl (C=O) groups is 2. The van der Waals surface area contributed by atoms with Crippen LogP contribution in [-0.4, -0.2) is 106 Å². The number of nitrogens with one attached hydrogen (secondary N) is 3. The maximum Gasteiger partial charge on any atom is 0.312 e. The molecule has 0 saturated heterocycles. The highest BCUT2D eigenvalue weighted by molar-refractivity contribution is 5.78. The summed E-state index contributed by atoms with van der Waals surface area (Å²) in [4.78, 5) is 50.9. The number of carboxylic acid groups (broad SMARTS) is 1. The number of fused-ring (bicyclic) bond motifs is 4. The molecule has 2 aromatic carbocycles. The van der Waals surface area contributed by atoms with Gasteiger partial charge in [0.2, 0.25) is 29.6 Å². The van der Waals surface area contributed by atoms with E-state index >= 15 is 0 Å². The normalized spacial score (nSPS) is 15.0. The largest absolute Gasteiger partial charge is 0.481 e. The molecule has 2 aliphatic heterocycles. The van der Waals surface area contributed by atoms with E-state index in [2.05, 4.69) is 124 Å². The van der Waals surface area contributed by atoms with Crippen molar-refractivity contribution in [1.29, 1.82) is 0 Å². The van der Waals surface area contributed by atoms with Crippen LogP contribution in [0.1, 0.15) is 45.7 Å². The molecule has 4 N–H and O–H groups in total. The van der Waals surface area contributed by atoms with E-state index in [0.29, 0.717) is 42.0 Å². The summed E-state index contributed by atoms with van der Waals surface area (Å²) in [7, 11) is 0. The molecule has 21 heteroatoms. The van der Waals surface area contributed by atoms with Gasteiger partial charge in [-0.05, 0) is 47.9 Å². The molecule has 8 aromatic rings. The number of nitrogens with zero attached hydrogens (tertiary/aromatic N) is 13.